The highest BCUT2D eigenvalue weighted by Crippen LogP contribution is 2.26. The van der Waals surface area contributed by atoms with E-state index in [0.29, 0.717) is 0 Å². The van der Waals surface area contributed by atoms with Crippen LogP contribution in [0.4, 0.5) is 0 Å². The maximum atomic E-state index is 12.2. The van der Waals surface area contributed by atoms with E-state index in [0.717, 1.165) is 25.7 Å². The fourth-order valence-corrected chi connectivity index (χ4v) is 2.52. The van der Waals surface area contributed by atoms with Gasteiger partial charge >= 0.3 is 0 Å². The highest BCUT2D eigenvalue weighted by atomic mass is 16.1. The number of terminal acetylenes is 1. The second kappa shape index (κ2) is 5.73. The van der Waals surface area contributed by atoms with E-state index in [2.05, 4.69) is 30.3 Å². The molecular weight excluding hydrogens is 222 g/mol. The van der Waals surface area contributed by atoms with E-state index in [1.807, 2.05) is 12.1 Å². The zero-order valence-corrected chi connectivity index (χ0v) is 10.8. The summed E-state index contributed by atoms with van der Waals surface area (Å²) < 4.78 is 0. The zero-order chi connectivity index (χ0) is 13.0. The van der Waals surface area contributed by atoms with Crippen molar-refractivity contribution in [3.63, 3.8) is 0 Å². The van der Waals surface area contributed by atoms with Crippen molar-refractivity contribution in [2.24, 2.45) is 5.92 Å². The second-order valence-corrected chi connectivity index (χ2v) is 4.89. The quantitative estimate of drug-likeness (QED) is 0.805. The molecule has 1 aromatic carbocycles. The van der Waals surface area contributed by atoms with Gasteiger partial charge in [-0.2, -0.15) is 0 Å². The van der Waals surface area contributed by atoms with Crippen molar-refractivity contribution in [1.29, 1.82) is 0 Å². The molecule has 0 fully saturated rings. The van der Waals surface area contributed by atoms with Gasteiger partial charge in [0.05, 0.1) is 6.04 Å². The number of rotatable bonds is 4. The van der Waals surface area contributed by atoms with E-state index in [-0.39, 0.29) is 17.9 Å². The second-order valence-electron chi connectivity index (χ2n) is 4.89. The Morgan fingerprint density at radius 3 is 2.56 bits per heavy atom. The Kier molecular flexibility index (Phi) is 4.04. The Morgan fingerprint density at radius 1 is 1.44 bits per heavy atom. The fraction of sp³-hybridized carbons (Fsp3) is 0.438. The maximum absolute atomic E-state index is 12.2. The van der Waals surface area contributed by atoms with Gasteiger partial charge in [-0.25, -0.2) is 0 Å². The molecule has 1 unspecified atom stereocenters. The number of hydrogen-bond acceptors (Lipinski definition) is 1. The SMILES string of the molecule is C#CC(CCC)NC(=O)C1Cc2ccccc2C1. The summed E-state index contributed by atoms with van der Waals surface area (Å²) >= 11 is 0. The van der Waals surface area contributed by atoms with Gasteiger partial charge in [-0.15, -0.1) is 6.42 Å². The fourth-order valence-electron chi connectivity index (χ4n) is 2.52. The lowest BCUT2D eigenvalue weighted by Crippen LogP contribution is -2.38. The standard InChI is InChI=1S/C16H19NO/c1-3-7-15(4-2)17-16(18)14-10-12-8-5-6-9-13(12)11-14/h2,5-6,8-9,14-15H,3,7,10-11H2,1H3,(H,17,18). The average Bonchev–Trinajstić information content (AvgIpc) is 2.82. The monoisotopic (exact) mass is 241 g/mol. The van der Waals surface area contributed by atoms with Crippen molar-refractivity contribution in [3.8, 4) is 12.3 Å². The molecule has 0 bridgehead atoms. The normalized spacial score (nSPS) is 15.8. The lowest BCUT2D eigenvalue weighted by atomic mass is 10.0. The molecule has 1 aliphatic carbocycles. The highest BCUT2D eigenvalue weighted by Gasteiger charge is 2.27. The lowest BCUT2D eigenvalue weighted by molar-refractivity contribution is -0.125. The lowest BCUT2D eigenvalue weighted by Gasteiger charge is -2.15. The van der Waals surface area contributed by atoms with Crippen LogP contribution in [0.15, 0.2) is 24.3 Å². The van der Waals surface area contributed by atoms with E-state index >= 15 is 0 Å². The summed E-state index contributed by atoms with van der Waals surface area (Å²) in [5.74, 6) is 2.80. The Balaban J connectivity index is 1.95. The molecule has 2 heteroatoms. The van der Waals surface area contributed by atoms with E-state index in [1.54, 1.807) is 0 Å². The summed E-state index contributed by atoms with van der Waals surface area (Å²) in [6.45, 7) is 2.07. The first-order valence-electron chi connectivity index (χ1n) is 6.58. The number of nitrogens with one attached hydrogen (secondary N) is 1. The molecule has 0 aromatic heterocycles. The van der Waals surface area contributed by atoms with Crippen molar-refractivity contribution >= 4 is 5.91 Å². The molecule has 2 rings (SSSR count). The maximum Gasteiger partial charge on any atom is 0.224 e. The van der Waals surface area contributed by atoms with Crippen LogP contribution in [0.2, 0.25) is 0 Å². The Morgan fingerprint density at radius 2 is 2.06 bits per heavy atom. The first-order valence-corrected chi connectivity index (χ1v) is 6.58. The van der Waals surface area contributed by atoms with Gasteiger partial charge < -0.3 is 5.32 Å². The molecule has 0 saturated heterocycles. The molecule has 2 nitrogen and oxygen atoms in total. The van der Waals surface area contributed by atoms with Crippen LogP contribution in [0.25, 0.3) is 0 Å². The van der Waals surface area contributed by atoms with Crippen molar-refractivity contribution in [3.05, 3.63) is 35.4 Å². The first-order chi connectivity index (χ1) is 8.74. The van der Waals surface area contributed by atoms with Crippen LogP contribution < -0.4 is 5.32 Å². The van der Waals surface area contributed by atoms with Crippen molar-refractivity contribution in [1.82, 2.24) is 5.32 Å². The predicted molar refractivity (Wildman–Crippen MR) is 73.0 cm³/mol. The Bertz CT molecular complexity index is 447. The van der Waals surface area contributed by atoms with E-state index < -0.39 is 0 Å². The van der Waals surface area contributed by atoms with Gasteiger partial charge in [-0.3, -0.25) is 4.79 Å². The average molecular weight is 241 g/mol. The van der Waals surface area contributed by atoms with Crippen molar-refractivity contribution in [2.45, 2.75) is 38.6 Å². The topological polar surface area (TPSA) is 29.1 Å². The molecule has 1 amide bonds. The van der Waals surface area contributed by atoms with E-state index in [4.69, 9.17) is 6.42 Å². The number of carbonyl (C=O) groups is 1. The van der Waals surface area contributed by atoms with Crippen LogP contribution in [0, 0.1) is 18.3 Å². The Labute approximate surface area is 109 Å². The van der Waals surface area contributed by atoms with Gasteiger partial charge in [0.15, 0.2) is 0 Å². The summed E-state index contributed by atoms with van der Waals surface area (Å²) in [6, 6.07) is 8.15. The number of fused-ring (bicyclic) bond motifs is 1. The van der Waals surface area contributed by atoms with Gasteiger partial charge in [0.1, 0.15) is 0 Å². The molecule has 0 radical (unpaired) electrons. The number of hydrogen-bond donors (Lipinski definition) is 1. The molecular formula is C16H19NO. The van der Waals surface area contributed by atoms with Crippen LogP contribution in [0.5, 0.6) is 0 Å². The van der Waals surface area contributed by atoms with E-state index in [1.165, 1.54) is 11.1 Å². The van der Waals surface area contributed by atoms with Crippen LogP contribution in [0.3, 0.4) is 0 Å². The van der Waals surface area contributed by atoms with Crippen molar-refractivity contribution < 1.29 is 4.79 Å². The molecule has 1 N–H and O–H groups in total. The van der Waals surface area contributed by atoms with Crippen LogP contribution in [0.1, 0.15) is 30.9 Å². The summed E-state index contributed by atoms with van der Waals surface area (Å²) in [4.78, 5) is 12.2. The summed E-state index contributed by atoms with van der Waals surface area (Å²) in [7, 11) is 0. The van der Waals surface area contributed by atoms with Crippen molar-refractivity contribution in [2.75, 3.05) is 0 Å². The van der Waals surface area contributed by atoms with Crippen LogP contribution >= 0.6 is 0 Å². The summed E-state index contributed by atoms with van der Waals surface area (Å²) in [6.07, 6.45) is 8.94. The van der Waals surface area contributed by atoms with Gasteiger partial charge in [0.25, 0.3) is 0 Å². The number of carbonyl (C=O) groups excluding carboxylic acids is 1. The summed E-state index contributed by atoms with van der Waals surface area (Å²) in [5.41, 5.74) is 2.59. The third-order valence-corrected chi connectivity index (χ3v) is 3.52. The van der Waals surface area contributed by atoms with E-state index in [9.17, 15) is 4.79 Å². The molecule has 0 saturated carbocycles. The number of benzene rings is 1. The summed E-state index contributed by atoms with van der Waals surface area (Å²) in [5, 5.41) is 2.97. The molecule has 1 aliphatic rings. The van der Waals surface area contributed by atoms with Gasteiger partial charge in [-0.05, 0) is 30.4 Å². The Hall–Kier alpha value is -1.75. The molecule has 94 valence electrons. The molecule has 0 spiro atoms. The predicted octanol–water partition coefficient (Wildman–Crippen LogP) is 2.32. The molecule has 1 atom stereocenters. The third kappa shape index (κ3) is 2.73. The van der Waals surface area contributed by atoms with Crippen LogP contribution in [-0.2, 0) is 17.6 Å². The largest absolute Gasteiger partial charge is 0.342 e. The van der Waals surface area contributed by atoms with Gasteiger partial charge in [0.2, 0.25) is 5.91 Å². The molecule has 18 heavy (non-hydrogen) atoms. The minimum atomic E-state index is -0.119. The minimum Gasteiger partial charge on any atom is -0.342 e. The van der Waals surface area contributed by atoms with Crippen LogP contribution in [-0.4, -0.2) is 11.9 Å². The first kappa shape index (κ1) is 12.7. The highest BCUT2D eigenvalue weighted by molar-refractivity contribution is 5.80. The van der Waals surface area contributed by atoms with Gasteiger partial charge in [-0.1, -0.05) is 43.5 Å². The zero-order valence-electron chi connectivity index (χ0n) is 10.8. The minimum absolute atomic E-state index is 0.0510. The molecule has 0 aliphatic heterocycles. The third-order valence-electron chi connectivity index (χ3n) is 3.52. The molecule has 0 heterocycles. The molecule has 1 aromatic rings. The smallest absolute Gasteiger partial charge is 0.224 e. The van der Waals surface area contributed by atoms with Gasteiger partial charge in [0, 0.05) is 5.92 Å². The number of amides is 1.